The molecule has 0 aliphatic rings. The van der Waals surface area contributed by atoms with Crippen molar-refractivity contribution < 1.29 is 62.7 Å². The maximum Gasteiger partial charge on any atom is 0.332 e. The van der Waals surface area contributed by atoms with E-state index < -0.39 is 59.7 Å². The van der Waals surface area contributed by atoms with Crippen molar-refractivity contribution >= 4 is 41.6 Å². The molecule has 5 N–H and O–H groups in total. The first-order valence-electron chi connectivity index (χ1n) is 15.9. The normalized spacial score (nSPS) is 11.2. The summed E-state index contributed by atoms with van der Waals surface area (Å²) in [4.78, 5) is 83.0. The van der Waals surface area contributed by atoms with Crippen LogP contribution in [0.5, 0.6) is 11.5 Å². The topological polar surface area (TPSA) is 233 Å². The van der Waals surface area contributed by atoms with Crippen molar-refractivity contribution in [3.05, 3.63) is 84.0 Å². The number of hydrogen-bond acceptors (Lipinski definition) is 11. The van der Waals surface area contributed by atoms with E-state index in [1.165, 1.54) is 12.1 Å². The largest absolute Gasteiger partial charge is 0.478 e. The number of esters is 2. The average molecular weight is 712 g/mol. The summed E-state index contributed by atoms with van der Waals surface area (Å²) in [5, 5.41) is 26.2. The third-order valence-corrected chi connectivity index (χ3v) is 6.36. The SMILES string of the molecule is O=C(/C=C(/CC(=O)Oc1ccccc1)C(=O)O)NCCCOCCOCCCC(=O)NCCNC(=O)/C=C(/CC(=O)Oc1ccccc1)C(=O)O. The smallest absolute Gasteiger partial charge is 0.332 e. The number of amides is 3. The molecule has 0 fully saturated rings. The van der Waals surface area contributed by atoms with Crippen molar-refractivity contribution in [2.75, 3.05) is 46.1 Å². The van der Waals surface area contributed by atoms with E-state index in [1.807, 2.05) is 0 Å². The summed E-state index contributed by atoms with van der Waals surface area (Å²) in [6, 6.07) is 16.2. The standard InChI is InChI=1S/C35H41N3O13/c39-29(37-15-16-38-31(41)22-26(35(46)47)24-33(43)51-28-11-5-2-6-12-28)13-7-17-48-19-20-49-18-8-14-36-30(40)21-25(34(44)45)23-32(42)50-27-9-3-1-4-10-27/h1-6,9-12,21-22H,7-8,13-20,23-24H2,(H,36,40)(H,37,39)(H,38,41)(H,44,45)(H,46,47)/b25-21-,26-22-. The molecule has 2 aromatic carbocycles. The lowest BCUT2D eigenvalue weighted by Crippen LogP contribution is -2.34. The summed E-state index contributed by atoms with van der Waals surface area (Å²) in [5.41, 5.74) is -0.859. The Kier molecular flexibility index (Phi) is 19.7. The van der Waals surface area contributed by atoms with Crippen molar-refractivity contribution in [2.45, 2.75) is 32.1 Å². The predicted molar refractivity (Wildman–Crippen MR) is 179 cm³/mol. The van der Waals surface area contributed by atoms with Crippen LogP contribution in [0.2, 0.25) is 0 Å². The van der Waals surface area contributed by atoms with Gasteiger partial charge in [0.05, 0.1) is 37.2 Å². The van der Waals surface area contributed by atoms with Gasteiger partial charge in [0.15, 0.2) is 0 Å². The number of ether oxygens (including phenoxy) is 4. The molecule has 0 spiro atoms. The quantitative estimate of drug-likeness (QED) is 0.0451. The monoisotopic (exact) mass is 711 g/mol. The van der Waals surface area contributed by atoms with Gasteiger partial charge in [-0.05, 0) is 37.1 Å². The Hall–Kier alpha value is -5.87. The van der Waals surface area contributed by atoms with Gasteiger partial charge in [0.1, 0.15) is 11.5 Å². The number of hydrogen-bond donors (Lipinski definition) is 5. The van der Waals surface area contributed by atoms with E-state index in [9.17, 15) is 43.8 Å². The summed E-state index contributed by atoms with van der Waals surface area (Å²) in [6.45, 7) is 1.50. The molecule has 0 radical (unpaired) electrons. The first-order chi connectivity index (χ1) is 24.5. The number of carbonyl (C=O) groups is 7. The maximum atomic E-state index is 12.1. The molecule has 0 aromatic heterocycles. The molecule has 0 aliphatic heterocycles. The summed E-state index contributed by atoms with van der Waals surface area (Å²) in [5.74, 6) is -5.67. The zero-order valence-corrected chi connectivity index (χ0v) is 27.8. The second-order valence-electron chi connectivity index (χ2n) is 10.5. The molecule has 274 valence electrons. The highest BCUT2D eigenvalue weighted by molar-refractivity contribution is 6.01. The number of benzene rings is 2. The molecule has 0 unspecified atom stereocenters. The van der Waals surface area contributed by atoms with Crippen LogP contribution in [0.25, 0.3) is 0 Å². The van der Waals surface area contributed by atoms with E-state index >= 15 is 0 Å². The summed E-state index contributed by atoms with van der Waals surface area (Å²) >= 11 is 0. The minimum absolute atomic E-state index is 0.0334. The van der Waals surface area contributed by atoms with E-state index in [-0.39, 0.29) is 56.7 Å². The van der Waals surface area contributed by atoms with Gasteiger partial charge in [-0.2, -0.15) is 0 Å². The lowest BCUT2D eigenvalue weighted by molar-refractivity contribution is -0.138. The number of aliphatic carboxylic acids is 2. The minimum Gasteiger partial charge on any atom is -0.478 e. The van der Waals surface area contributed by atoms with E-state index in [0.29, 0.717) is 26.1 Å². The Labute approximate surface area is 293 Å². The van der Waals surface area contributed by atoms with Crippen LogP contribution >= 0.6 is 0 Å². The second kappa shape index (κ2) is 24.3. The number of para-hydroxylation sites is 2. The lowest BCUT2D eigenvalue weighted by atomic mass is 10.1. The number of carboxylic acids is 2. The van der Waals surface area contributed by atoms with E-state index in [4.69, 9.17) is 18.9 Å². The van der Waals surface area contributed by atoms with Gasteiger partial charge in [-0.15, -0.1) is 0 Å². The summed E-state index contributed by atoms with van der Waals surface area (Å²) < 4.78 is 20.9. The molecule has 0 atom stereocenters. The van der Waals surface area contributed by atoms with Crippen LogP contribution < -0.4 is 25.4 Å². The Morgan fingerprint density at radius 2 is 0.980 bits per heavy atom. The van der Waals surface area contributed by atoms with Gasteiger partial charge in [0.2, 0.25) is 17.7 Å². The fraction of sp³-hybridized carbons (Fsp3) is 0.343. The fourth-order valence-corrected chi connectivity index (χ4v) is 3.94. The van der Waals surface area contributed by atoms with Gasteiger partial charge < -0.3 is 45.1 Å². The van der Waals surface area contributed by atoms with Crippen molar-refractivity contribution in [3.63, 3.8) is 0 Å². The molecule has 2 rings (SSSR count). The minimum atomic E-state index is -1.44. The fourth-order valence-electron chi connectivity index (χ4n) is 3.94. The zero-order valence-electron chi connectivity index (χ0n) is 27.8. The van der Waals surface area contributed by atoms with Crippen LogP contribution in [0, 0.1) is 0 Å². The third-order valence-electron chi connectivity index (χ3n) is 6.36. The van der Waals surface area contributed by atoms with Crippen molar-refractivity contribution in [2.24, 2.45) is 0 Å². The molecule has 0 bridgehead atoms. The third kappa shape index (κ3) is 19.7. The first-order valence-corrected chi connectivity index (χ1v) is 15.9. The van der Waals surface area contributed by atoms with Gasteiger partial charge in [-0.3, -0.25) is 24.0 Å². The van der Waals surface area contributed by atoms with Gasteiger partial charge in [-0.25, -0.2) is 9.59 Å². The number of nitrogens with one attached hydrogen (secondary N) is 3. The zero-order chi connectivity index (χ0) is 37.3. The summed E-state index contributed by atoms with van der Waals surface area (Å²) in [7, 11) is 0. The van der Waals surface area contributed by atoms with E-state index in [1.54, 1.807) is 48.5 Å². The lowest BCUT2D eigenvalue weighted by Gasteiger charge is -2.08. The molecule has 0 aliphatic carbocycles. The Bertz CT molecular complexity index is 1530. The molecule has 51 heavy (non-hydrogen) atoms. The average Bonchev–Trinajstić information content (AvgIpc) is 3.09. The maximum absolute atomic E-state index is 12.1. The van der Waals surface area contributed by atoms with Crippen LogP contribution in [0.1, 0.15) is 32.1 Å². The van der Waals surface area contributed by atoms with Crippen molar-refractivity contribution in [1.29, 1.82) is 0 Å². The Balaban J connectivity index is 1.48. The Morgan fingerprint density at radius 3 is 1.45 bits per heavy atom. The van der Waals surface area contributed by atoms with Gasteiger partial charge in [0, 0.05) is 51.4 Å². The first kappa shape index (κ1) is 41.3. The van der Waals surface area contributed by atoms with Crippen LogP contribution in [0.15, 0.2) is 84.0 Å². The number of rotatable bonds is 24. The molecular formula is C35H41N3O13. The van der Waals surface area contributed by atoms with Crippen LogP contribution in [0.4, 0.5) is 0 Å². The van der Waals surface area contributed by atoms with Crippen LogP contribution in [-0.4, -0.2) is 97.9 Å². The van der Waals surface area contributed by atoms with Crippen molar-refractivity contribution in [1.82, 2.24) is 16.0 Å². The van der Waals surface area contributed by atoms with Crippen LogP contribution in [0.3, 0.4) is 0 Å². The van der Waals surface area contributed by atoms with Gasteiger partial charge >= 0.3 is 23.9 Å². The molecule has 16 heteroatoms. The van der Waals surface area contributed by atoms with E-state index in [0.717, 1.165) is 12.2 Å². The van der Waals surface area contributed by atoms with E-state index in [2.05, 4.69) is 16.0 Å². The number of carbonyl (C=O) groups excluding carboxylic acids is 5. The molecule has 0 saturated carbocycles. The second-order valence-corrected chi connectivity index (χ2v) is 10.5. The van der Waals surface area contributed by atoms with Gasteiger partial charge in [-0.1, -0.05) is 36.4 Å². The highest BCUT2D eigenvalue weighted by Crippen LogP contribution is 2.13. The molecule has 3 amide bonds. The number of carboxylic acid groups (broad SMARTS) is 2. The molecule has 0 saturated heterocycles. The molecule has 2 aromatic rings. The Morgan fingerprint density at radius 1 is 0.549 bits per heavy atom. The highest BCUT2D eigenvalue weighted by atomic mass is 16.5. The molecule has 0 heterocycles. The highest BCUT2D eigenvalue weighted by Gasteiger charge is 2.17. The van der Waals surface area contributed by atoms with Crippen molar-refractivity contribution in [3.8, 4) is 11.5 Å². The molecular weight excluding hydrogens is 670 g/mol. The molecule has 16 nitrogen and oxygen atoms in total. The predicted octanol–water partition coefficient (Wildman–Crippen LogP) is 1.55. The van der Waals surface area contributed by atoms with Gasteiger partial charge in [0.25, 0.3) is 0 Å². The van der Waals surface area contributed by atoms with Crippen LogP contribution in [-0.2, 0) is 43.0 Å². The summed E-state index contributed by atoms with van der Waals surface area (Å²) in [6.07, 6.45) is 1.49.